The Balaban J connectivity index is 1.78. The topological polar surface area (TPSA) is 80.7 Å². The van der Waals surface area contributed by atoms with Crippen LogP contribution in [0.25, 0.3) is 0 Å². The molecule has 0 amide bonds. The Hall–Kier alpha value is -1.31. The summed E-state index contributed by atoms with van der Waals surface area (Å²) in [6.07, 6.45) is -0.688. The summed E-state index contributed by atoms with van der Waals surface area (Å²) in [5, 5.41) is 9.55. The summed E-state index contributed by atoms with van der Waals surface area (Å²) in [6.45, 7) is 0.167. The van der Waals surface area contributed by atoms with Crippen molar-refractivity contribution in [2.45, 2.75) is 35.7 Å². The number of rotatable bonds is 6. The monoisotopic (exact) mass is 462 g/mol. The number of carboxylic acids is 1. The molecular weight excluding hydrogens is 447 g/mol. The van der Waals surface area contributed by atoms with E-state index in [1.165, 1.54) is 18.2 Å². The summed E-state index contributed by atoms with van der Waals surface area (Å²) in [6, 6.07) is 11.1. The molecule has 0 bridgehead atoms. The molecule has 5 nitrogen and oxygen atoms in total. The van der Waals surface area contributed by atoms with Crippen LogP contribution in [0.1, 0.15) is 18.4 Å². The predicted octanol–water partition coefficient (Wildman–Crippen LogP) is 4.87. The lowest BCUT2D eigenvalue weighted by Gasteiger charge is -2.16. The number of carbonyl (C=O) groups is 1. The minimum absolute atomic E-state index is 0.0184. The van der Waals surface area contributed by atoms with Gasteiger partial charge in [0.25, 0.3) is 0 Å². The normalized spacial score (nSPS) is 22.3. The molecule has 2 aromatic rings. The molecule has 150 valence electrons. The van der Waals surface area contributed by atoms with Gasteiger partial charge in [0, 0.05) is 10.0 Å². The molecule has 9 heteroatoms. The first-order valence-electron chi connectivity index (χ1n) is 8.46. The van der Waals surface area contributed by atoms with Crippen molar-refractivity contribution in [1.29, 1.82) is 0 Å². The fourth-order valence-corrected chi connectivity index (χ4v) is 6.03. The maximum atomic E-state index is 13.0. The minimum Gasteiger partial charge on any atom is -0.481 e. The molecule has 1 saturated carbocycles. The van der Waals surface area contributed by atoms with E-state index in [2.05, 4.69) is 0 Å². The van der Waals surface area contributed by atoms with E-state index in [1.807, 2.05) is 0 Å². The Morgan fingerprint density at radius 3 is 2.29 bits per heavy atom. The highest BCUT2D eigenvalue weighted by Gasteiger charge is 2.46. The fraction of sp³-hybridized carbons (Fsp3) is 0.316. The van der Waals surface area contributed by atoms with Crippen LogP contribution < -0.4 is 0 Å². The Morgan fingerprint density at radius 2 is 1.68 bits per heavy atom. The number of hydrogen-bond acceptors (Lipinski definition) is 4. The molecule has 0 aliphatic heterocycles. The van der Waals surface area contributed by atoms with Crippen molar-refractivity contribution in [3.05, 3.63) is 63.1 Å². The van der Waals surface area contributed by atoms with Gasteiger partial charge in [-0.25, -0.2) is 8.42 Å². The molecule has 1 aliphatic rings. The third kappa shape index (κ3) is 4.63. The van der Waals surface area contributed by atoms with Crippen molar-refractivity contribution in [2.75, 3.05) is 0 Å². The van der Waals surface area contributed by atoms with Gasteiger partial charge in [-0.1, -0.05) is 46.9 Å². The average Bonchev–Trinajstić information content (AvgIpc) is 3.06. The molecular formula is C19H17Cl3O5S. The van der Waals surface area contributed by atoms with Crippen molar-refractivity contribution in [1.82, 2.24) is 0 Å². The van der Waals surface area contributed by atoms with E-state index in [1.54, 1.807) is 24.3 Å². The van der Waals surface area contributed by atoms with Gasteiger partial charge in [-0.3, -0.25) is 4.79 Å². The summed E-state index contributed by atoms with van der Waals surface area (Å²) < 4.78 is 31.8. The van der Waals surface area contributed by atoms with Crippen molar-refractivity contribution in [3.8, 4) is 0 Å². The quantitative estimate of drug-likeness (QED) is 0.661. The first-order valence-corrected chi connectivity index (χ1v) is 11.1. The van der Waals surface area contributed by atoms with Gasteiger partial charge in [-0.2, -0.15) is 0 Å². The van der Waals surface area contributed by atoms with Gasteiger partial charge in [0.15, 0.2) is 9.84 Å². The van der Waals surface area contributed by atoms with E-state index in [0.29, 0.717) is 10.0 Å². The summed E-state index contributed by atoms with van der Waals surface area (Å²) in [7, 11) is -3.83. The van der Waals surface area contributed by atoms with Crippen LogP contribution >= 0.6 is 34.8 Å². The van der Waals surface area contributed by atoms with E-state index >= 15 is 0 Å². The highest BCUT2D eigenvalue weighted by atomic mass is 35.5. The summed E-state index contributed by atoms with van der Waals surface area (Å²) in [5.41, 5.74) is 0.820. The molecule has 0 radical (unpaired) electrons. The SMILES string of the molecule is O=C(O)[C@@H]1C[C@@H](S(=O)(=O)c2ccc(Cl)cc2Cl)C[C@H]1OCc1ccc(Cl)cc1. The smallest absolute Gasteiger partial charge is 0.309 e. The molecule has 3 atom stereocenters. The lowest BCUT2D eigenvalue weighted by Crippen LogP contribution is -2.25. The number of sulfone groups is 1. The lowest BCUT2D eigenvalue weighted by molar-refractivity contribution is -0.146. The minimum atomic E-state index is -3.83. The second kappa shape index (κ2) is 8.59. The Bertz CT molecular complexity index is 976. The fourth-order valence-electron chi connectivity index (χ4n) is 3.32. The summed E-state index contributed by atoms with van der Waals surface area (Å²) in [4.78, 5) is 11.6. The van der Waals surface area contributed by atoms with E-state index in [4.69, 9.17) is 39.5 Å². The second-order valence-electron chi connectivity index (χ2n) is 6.63. The lowest BCUT2D eigenvalue weighted by atomic mass is 10.1. The molecule has 0 spiro atoms. The molecule has 3 rings (SSSR count). The van der Waals surface area contributed by atoms with Gasteiger partial charge < -0.3 is 9.84 Å². The maximum absolute atomic E-state index is 13.0. The molecule has 0 saturated heterocycles. The van der Waals surface area contributed by atoms with Crippen LogP contribution in [0.3, 0.4) is 0 Å². The second-order valence-corrected chi connectivity index (χ2v) is 10.1. The highest BCUT2D eigenvalue weighted by molar-refractivity contribution is 7.92. The average molecular weight is 464 g/mol. The van der Waals surface area contributed by atoms with Gasteiger partial charge >= 0.3 is 5.97 Å². The van der Waals surface area contributed by atoms with Crippen LogP contribution in [0.4, 0.5) is 0 Å². The first-order chi connectivity index (χ1) is 13.2. The van der Waals surface area contributed by atoms with Crippen molar-refractivity contribution >= 4 is 50.6 Å². The number of hydrogen-bond donors (Lipinski definition) is 1. The number of carboxylic acid groups (broad SMARTS) is 1. The number of halogens is 3. The van der Waals surface area contributed by atoms with Gasteiger partial charge in [-0.15, -0.1) is 0 Å². The van der Waals surface area contributed by atoms with Gasteiger partial charge in [0.05, 0.1) is 33.8 Å². The number of aliphatic carboxylic acids is 1. The van der Waals surface area contributed by atoms with Crippen LogP contribution in [-0.4, -0.2) is 30.8 Å². The zero-order valence-electron chi connectivity index (χ0n) is 14.5. The van der Waals surface area contributed by atoms with E-state index < -0.39 is 33.1 Å². The standard InChI is InChI=1S/C19H17Cl3O5S/c20-12-3-1-11(2-4-12)10-27-17-9-14(8-15(17)19(23)24)28(25,26)18-6-5-13(21)7-16(18)22/h1-7,14-15,17H,8-10H2,(H,23,24)/t14-,15-,17-/m1/s1. The highest BCUT2D eigenvalue weighted by Crippen LogP contribution is 2.38. The van der Waals surface area contributed by atoms with E-state index in [0.717, 1.165) is 5.56 Å². The van der Waals surface area contributed by atoms with E-state index in [9.17, 15) is 18.3 Å². The summed E-state index contributed by atoms with van der Waals surface area (Å²) >= 11 is 17.7. The third-order valence-corrected chi connectivity index (χ3v) is 7.94. The van der Waals surface area contributed by atoms with Gasteiger partial charge in [0.2, 0.25) is 0 Å². The Morgan fingerprint density at radius 1 is 1.04 bits per heavy atom. The summed E-state index contributed by atoms with van der Waals surface area (Å²) in [5.74, 6) is -2.00. The Kier molecular flexibility index (Phi) is 6.57. The van der Waals surface area contributed by atoms with Crippen LogP contribution in [-0.2, 0) is 26.0 Å². The third-order valence-electron chi connectivity index (χ3n) is 4.79. The maximum Gasteiger partial charge on any atom is 0.309 e. The van der Waals surface area contributed by atoms with Crippen LogP contribution in [0, 0.1) is 5.92 Å². The molecule has 2 aromatic carbocycles. The zero-order chi connectivity index (χ0) is 20.5. The number of ether oxygens (including phenoxy) is 1. The van der Waals surface area contributed by atoms with Crippen LogP contribution in [0.2, 0.25) is 15.1 Å². The predicted molar refractivity (Wildman–Crippen MR) is 108 cm³/mol. The zero-order valence-corrected chi connectivity index (χ0v) is 17.6. The molecule has 0 aromatic heterocycles. The van der Waals surface area contributed by atoms with Crippen LogP contribution in [0.5, 0.6) is 0 Å². The van der Waals surface area contributed by atoms with Gasteiger partial charge in [0.1, 0.15) is 0 Å². The van der Waals surface area contributed by atoms with Gasteiger partial charge in [-0.05, 0) is 48.7 Å². The molecule has 0 unspecified atom stereocenters. The van der Waals surface area contributed by atoms with Crippen molar-refractivity contribution in [2.24, 2.45) is 5.92 Å². The van der Waals surface area contributed by atoms with E-state index in [-0.39, 0.29) is 29.4 Å². The Labute approximate surface area is 178 Å². The molecule has 1 fully saturated rings. The number of benzene rings is 2. The largest absolute Gasteiger partial charge is 0.481 e. The van der Waals surface area contributed by atoms with Crippen LogP contribution in [0.15, 0.2) is 47.4 Å². The first kappa shape index (κ1) is 21.4. The molecule has 1 aliphatic carbocycles. The molecule has 1 N–H and O–H groups in total. The molecule has 28 heavy (non-hydrogen) atoms. The molecule has 0 heterocycles. The van der Waals surface area contributed by atoms with Crippen molar-refractivity contribution in [3.63, 3.8) is 0 Å². The van der Waals surface area contributed by atoms with Crippen molar-refractivity contribution < 1.29 is 23.1 Å².